The first kappa shape index (κ1) is 11.5. The molecular weight excluding hydrogens is 202 g/mol. The van der Waals surface area contributed by atoms with Gasteiger partial charge in [0, 0.05) is 25.5 Å². The molecule has 0 saturated heterocycles. The summed E-state index contributed by atoms with van der Waals surface area (Å²) >= 11 is 0. The van der Waals surface area contributed by atoms with Gasteiger partial charge < -0.3 is 15.0 Å². The number of hydrogen-bond donors (Lipinski definition) is 1. The summed E-state index contributed by atoms with van der Waals surface area (Å²) in [5.41, 5.74) is 7.16. The van der Waals surface area contributed by atoms with E-state index in [4.69, 9.17) is 15.5 Å². The van der Waals surface area contributed by atoms with Crippen molar-refractivity contribution >= 4 is 5.82 Å². The summed E-state index contributed by atoms with van der Waals surface area (Å²) < 4.78 is 7.32. The topological polar surface area (TPSA) is 53.1 Å². The standard InChI is InChI=1S/C12H21N3O/c1-4-15-11(13)10(8(2)7-16-3)14-12(15)9-5-6-9/h8-9H,4-7,13H2,1-3H3. The molecule has 0 aliphatic heterocycles. The van der Waals surface area contributed by atoms with Gasteiger partial charge in [-0.15, -0.1) is 0 Å². The molecule has 4 nitrogen and oxygen atoms in total. The molecular formula is C12H21N3O. The highest BCUT2D eigenvalue weighted by molar-refractivity contribution is 5.41. The highest BCUT2D eigenvalue weighted by Crippen LogP contribution is 2.41. The fraction of sp³-hybridized carbons (Fsp3) is 0.750. The maximum absolute atomic E-state index is 6.16. The Hall–Kier alpha value is -1.03. The first-order valence-corrected chi connectivity index (χ1v) is 6.03. The van der Waals surface area contributed by atoms with Gasteiger partial charge in [-0.05, 0) is 19.8 Å². The van der Waals surface area contributed by atoms with Crippen LogP contribution in [0.25, 0.3) is 0 Å². The monoisotopic (exact) mass is 223 g/mol. The van der Waals surface area contributed by atoms with E-state index < -0.39 is 0 Å². The Kier molecular flexibility index (Phi) is 3.19. The third-order valence-corrected chi connectivity index (χ3v) is 3.21. The lowest BCUT2D eigenvalue weighted by atomic mass is 10.1. The zero-order valence-electron chi connectivity index (χ0n) is 10.4. The molecule has 0 aromatic carbocycles. The van der Waals surface area contributed by atoms with Crippen molar-refractivity contribution in [2.24, 2.45) is 0 Å². The second-order valence-electron chi connectivity index (χ2n) is 4.62. The molecule has 0 radical (unpaired) electrons. The first-order chi connectivity index (χ1) is 7.69. The number of rotatable bonds is 5. The smallest absolute Gasteiger partial charge is 0.127 e. The number of nitrogens with zero attached hydrogens (tertiary/aromatic N) is 2. The molecule has 16 heavy (non-hydrogen) atoms. The fourth-order valence-electron chi connectivity index (χ4n) is 2.18. The van der Waals surface area contributed by atoms with Gasteiger partial charge in [0.2, 0.25) is 0 Å². The van der Waals surface area contributed by atoms with Gasteiger partial charge in [0.1, 0.15) is 11.6 Å². The van der Waals surface area contributed by atoms with Crippen molar-refractivity contribution in [3.05, 3.63) is 11.5 Å². The van der Waals surface area contributed by atoms with E-state index in [1.54, 1.807) is 7.11 Å². The molecule has 1 aromatic heterocycles. The van der Waals surface area contributed by atoms with Gasteiger partial charge in [0.25, 0.3) is 0 Å². The predicted octanol–water partition coefficient (Wildman–Crippen LogP) is 2.11. The number of imidazole rings is 1. The van der Waals surface area contributed by atoms with Gasteiger partial charge in [0.15, 0.2) is 0 Å². The van der Waals surface area contributed by atoms with Crippen LogP contribution in [0.4, 0.5) is 5.82 Å². The fourth-order valence-corrected chi connectivity index (χ4v) is 2.18. The molecule has 1 unspecified atom stereocenters. The number of methoxy groups -OCH3 is 1. The Bertz CT molecular complexity index is 369. The van der Waals surface area contributed by atoms with Crippen LogP contribution < -0.4 is 5.73 Å². The highest BCUT2D eigenvalue weighted by Gasteiger charge is 2.31. The Balaban J connectivity index is 2.31. The van der Waals surface area contributed by atoms with Gasteiger partial charge in [0.05, 0.1) is 12.3 Å². The summed E-state index contributed by atoms with van der Waals surface area (Å²) in [4.78, 5) is 4.72. The number of hydrogen-bond acceptors (Lipinski definition) is 3. The van der Waals surface area contributed by atoms with Gasteiger partial charge in [-0.3, -0.25) is 0 Å². The summed E-state index contributed by atoms with van der Waals surface area (Å²) in [6, 6.07) is 0. The van der Waals surface area contributed by atoms with Crippen LogP contribution >= 0.6 is 0 Å². The zero-order valence-corrected chi connectivity index (χ0v) is 10.4. The van der Waals surface area contributed by atoms with Gasteiger partial charge in [-0.1, -0.05) is 6.92 Å². The van der Waals surface area contributed by atoms with Crippen molar-refractivity contribution in [1.82, 2.24) is 9.55 Å². The molecule has 90 valence electrons. The van der Waals surface area contributed by atoms with E-state index in [0.29, 0.717) is 12.5 Å². The molecule has 4 heteroatoms. The normalized spacial score (nSPS) is 17.7. The quantitative estimate of drug-likeness (QED) is 0.831. The van der Waals surface area contributed by atoms with Crippen LogP contribution in [-0.4, -0.2) is 23.3 Å². The lowest BCUT2D eigenvalue weighted by Crippen LogP contribution is -2.07. The molecule has 0 amide bonds. The van der Waals surface area contributed by atoms with Crippen LogP contribution in [0.2, 0.25) is 0 Å². The summed E-state index contributed by atoms with van der Waals surface area (Å²) in [7, 11) is 1.71. The minimum absolute atomic E-state index is 0.273. The lowest BCUT2D eigenvalue weighted by Gasteiger charge is -2.09. The van der Waals surface area contributed by atoms with Crippen LogP contribution in [0.15, 0.2) is 0 Å². The van der Waals surface area contributed by atoms with Crippen molar-refractivity contribution < 1.29 is 4.74 Å². The predicted molar refractivity (Wildman–Crippen MR) is 64.6 cm³/mol. The third kappa shape index (κ3) is 1.94. The number of anilines is 1. The van der Waals surface area contributed by atoms with Crippen molar-refractivity contribution in [2.75, 3.05) is 19.5 Å². The summed E-state index contributed by atoms with van der Waals surface area (Å²) in [6.45, 7) is 5.81. The second-order valence-corrected chi connectivity index (χ2v) is 4.62. The van der Waals surface area contributed by atoms with Gasteiger partial charge in [-0.25, -0.2) is 4.98 Å². The number of nitrogens with two attached hydrogens (primary N) is 1. The molecule has 1 fully saturated rings. The number of aromatic nitrogens is 2. The van der Waals surface area contributed by atoms with E-state index in [1.807, 2.05) is 0 Å². The Labute approximate surface area is 96.8 Å². The third-order valence-electron chi connectivity index (χ3n) is 3.21. The minimum atomic E-state index is 0.273. The molecule has 2 N–H and O–H groups in total. The van der Waals surface area contributed by atoms with E-state index in [9.17, 15) is 0 Å². The van der Waals surface area contributed by atoms with E-state index in [-0.39, 0.29) is 5.92 Å². The maximum atomic E-state index is 6.16. The number of nitrogen functional groups attached to an aromatic ring is 1. The Morgan fingerprint density at radius 3 is 2.75 bits per heavy atom. The van der Waals surface area contributed by atoms with Crippen molar-refractivity contribution in [2.45, 2.75) is 45.1 Å². The average molecular weight is 223 g/mol. The molecule has 0 bridgehead atoms. The van der Waals surface area contributed by atoms with Crippen molar-refractivity contribution in [3.63, 3.8) is 0 Å². The van der Waals surface area contributed by atoms with E-state index in [1.165, 1.54) is 18.7 Å². The van der Waals surface area contributed by atoms with Gasteiger partial charge in [-0.2, -0.15) is 0 Å². The molecule has 0 spiro atoms. The van der Waals surface area contributed by atoms with E-state index in [2.05, 4.69) is 18.4 Å². The molecule has 2 rings (SSSR count). The summed E-state index contributed by atoms with van der Waals surface area (Å²) in [5, 5.41) is 0. The average Bonchev–Trinajstić information content (AvgIpc) is 3.03. The first-order valence-electron chi connectivity index (χ1n) is 6.03. The highest BCUT2D eigenvalue weighted by atomic mass is 16.5. The van der Waals surface area contributed by atoms with Crippen molar-refractivity contribution in [3.8, 4) is 0 Å². The molecule has 1 aliphatic carbocycles. The Morgan fingerprint density at radius 2 is 2.25 bits per heavy atom. The zero-order chi connectivity index (χ0) is 11.7. The van der Waals surface area contributed by atoms with Crippen molar-refractivity contribution in [1.29, 1.82) is 0 Å². The SMILES string of the molecule is CCn1c(C2CC2)nc(C(C)COC)c1N. The molecule has 1 aromatic rings. The second kappa shape index (κ2) is 4.45. The molecule has 1 aliphatic rings. The van der Waals surface area contributed by atoms with E-state index >= 15 is 0 Å². The number of ether oxygens (including phenoxy) is 1. The molecule has 1 atom stereocenters. The van der Waals surface area contributed by atoms with Crippen LogP contribution in [-0.2, 0) is 11.3 Å². The molecule has 1 heterocycles. The van der Waals surface area contributed by atoms with Crippen LogP contribution in [0.5, 0.6) is 0 Å². The minimum Gasteiger partial charge on any atom is -0.384 e. The van der Waals surface area contributed by atoms with Gasteiger partial charge >= 0.3 is 0 Å². The largest absolute Gasteiger partial charge is 0.384 e. The summed E-state index contributed by atoms with van der Waals surface area (Å²) in [6.07, 6.45) is 2.52. The van der Waals surface area contributed by atoms with Crippen LogP contribution in [0.3, 0.4) is 0 Å². The maximum Gasteiger partial charge on any atom is 0.127 e. The van der Waals surface area contributed by atoms with Crippen LogP contribution in [0, 0.1) is 0 Å². The summed E-state index contributed by atoms with van der Waals surface area (Å²) in [5.74, 6) is 2.92. The van der Waals surface area contributed by atoms with E-state index in [0.717, 1.165) is 18.1 Å². The Morgan fingerprint density at radius 1 is 1.56 bits per heavy atom. The lowest BCUT2D eigenvalue weighted by molar-refractivity contribution is 0.183. The van der Waals surface area contributed by atoms with Crippen LogP contribution in [0.1, 0.15) is 50.0 Å². The molecule has 1 saturated carbocycles.